The number of rotatable bonds is 13. The monoisotopic (exact) mass is 494 g/mol. The van der Waals surface area contributed by atoms with E-state index in [0.717, 1.165) is 54.7 Å². The lowest BCUT2D eigenvalue weighted by Gasteiger charge is -2.08. The smallest absolute Gasteiger partial charge is 0.416 e. The molecule has 0 heterocycles. The summed E-state index contributed by atoms with van der Waals surface area (Å²) < 4.78 is 44.0. The third kappa shape index (κ3) is 8.71. The van der Waals surface area contributed by atoms with Crippen LogP contribution in [0.15, 0.2) is 78.9 Å². The SMILES string of the molecule is COc1ccc(CCCCCCCCc2ccccc2C=CC(=O)c2cccc(C(F)(F)F)c2)cc1. The largest absolute Gasteiger partial charge is 0.497 e. The Morgan fingerprint density at radius 2 is 1.47 bits per heavy atom. The van der Waals surface area contributed by atoms with E-state index in [1.165, 1.54) is 49.5 Å². The number of aryl methyl sites for hydroxylation is 2. The maximum Gasteiger partial charge on any atom is 0.416 e. The Hall–Kier alpha value is -3.34. The molecule has 5 heteroatoms. The fraction of sp³-hybridized carbons (Fsp3) is 0.323. The van der Waals surface area contributed by atoms with E-state index in [1.54, 1.807) is 13.2 Å². The second-order valence-electron chi connectivity index (χ2n) is 8.94. The second-order valence-corrected chi connectivity index (χ2v) is 8.94. The van der Waals surface area contributed by atoms with E-state index in [-0.39, 0.29) is 5.56 Å². The topological polar surface area (TPSA) is 26.3 Å². The summed E-state index contributed by atoms with van der Waals surface area (Å²) in [6.45, 7) is 0. The molecule has 3 aromatic rings. The van der Waals surface area contributed by atoms with Crippen LogP contribution >= 0.6 is 0 Å². The Bertz CT molecular complexity index is 1130. The maximum absolute atomic E-state index is 12.9. The van der Waals surface area contributed by atoms with Crippen LogP contribution in [0.5, 0.6) is 5.75 Å². The molecule has 0 saturated heterocycles. The van der Waals surface area contributed by atoms with Crippen LogP contribution in [-0.2, 0) is 19.0 Å². The quantitative estimate of drug-likeness (QED) is 0.135. The minimum atomic E-state index is -4.47. The standard InChI is InChI=1S/C31H33F3O2/c1-36-29-20-17-24(18-21-29)11-6-4-2-3-5-7-12-25-13-8-9-14-26(25)19-22-30(35)27-15-10-16-28(23-27)31(32,33)34/h8-10,13-23H,2-7,11-12H2,1H3. The first-order valence-electron chi connectivity index (χ1n) is 12.5. The van der Waals surface area contributed by atoms with Crippen LogP contribution in [0, 0.1) is 0 Å². The number of allylic oxidation sites excluding steroid dienone is 1. The highest BCUT2D eigenvalue weighted by Crippen LogP contribution is 2.29. The maximum atomic E-state index is 12.9. The number of ketones is 1. The van der Waals surface area contributed by atoms with Crippen molar-refractivity contribution in [2.45, 2.75) is 57.5 Å². The zero-order valence-electron chi connectivity index (χ0n) is 20.7. The predicted molar refractivity (Wildman–Crippen MR) is 139 cm³/mol. The van der Waals surface area contributed by atoms with Crippen molar-refractivity contribution in [1.82, 2.24) is 0 Å². The summed E-state index contributed by atoms with van der Waals surface area (Å²) >= 11 is 0. The minimum Gasteiger partial charge on any atom is -0.497 e. The summed E-state index contributed by atoms with van der Waals surface area (Å²) in [5, 5.41) is 0. The lowest BCUT2D eigenvalue weighted by molar-refractivity contribution is -0.137. The van der Waals surface area contributed by atoms with Crippen molar-refractivity contribution in [1.29, 1.82) is 0 Å². The fourth-order valence-electron chi connectivity index (χ4n) is 4.18. The second kappa shape index (κ2) is 13.7. The van der Waals surface area contributed by atoms with Crippen molar-refractivity contribution in [3.05, 3.63) is 107 Å². The number of carbonyl (C=O) groups is 1. The van der Waals surface area contributed by atoms with Crippen LogP contribution in [0.3, 0.4) is 0 Å². The van der Waals surface area contributed by atoms with Crippen LogP contribution in [-0.4, -0.2) is 12.9 Å². The molecule has 3 rings (SSSR count). The van der Waals surface area contributed by atoms with Gasteiger partial charge in [0.1, 0.15) is 5.75 Å². The predicted octanol–water partition coefficient (Wildman–Crippen LogP) is 8.74. The Balaban J connectivity index is 1.41. The molecule has 0 aliphatic heterocycles. The number of benzene rings is 3. The van der Waals surface area contributed by atoms with E-state index in [9.17, 15) is 18.0 Å². The van der Waals surface area contributed by atoms with Crippen LogP contribution in [0.2, 0.25) is 0 Å². The number of methoxy groups -OCH3 is 1. The minimum absolute atomic E-state index is 0.0329. The number of carbonyl (C=O) groups excluding carboxylic acids is 1. The molecule has 0 unspecified atom stereocenters. The van der Waals surface area contributed by atoms with Crippen molar-refractivity contribution in [3.63, 3.8) is 0 Å². The summed E-state index contributed by atoms with van der Waals surface area (Å²) in [5.41, 5.74) is 2.63. The van der Waals surface area contributed by atoms with E-state index in [2.05, 4.69) is 12.1 Å². The van der Waals surface area contributed by atoms with E-state index in [0.29, 0.717) is 0 Å². The van der Waals surface area contributed by atoms with Crippen molar-refractivity contribution in [2.24, 2.45) is 0 Å². The van der Waals surface area contributed by atoms with Crippen molar-refractivity contribution in [3.8, 4) is 5.75 Å². The van der Waals surface area contributed by atoms with E-state index in [4.69, 9.17) is 4.74 Å². The van der Waals surface area contributed by atoms with Gasteiger partial charge in [-0.15, -0.1) is 0 Å². The van der Waals surface area contributed by atoms with E-state index in [1.807, 2.05) is 36.4 Å². The van der Waals surface area contributed by atoms with Crippen LogP contribution in [0.1, 0.15) is 71.1 Å². The zero-order chi connectivity index (χ0) is 25.8. The van der Waals surface area contributed by atoms with Gasteiger partial charge in [0, 0.05) is 5.56 Å². The van der Waals surface area contributed by atoms with Crippen molar-refractivity contribution >= 4 is 11.9 Å². The molecule has 0 spiro atoms. The number of alkyl halides is 3. The average molecular weight is 495 g/mol. The molecule has 0 amide bonds. The molecule has 0 radical (unpaired) electrons. The van der Waals surface area contributed by atoms with Gasteiger partial charge in [-0.3, -0.25) is 4.79 Å². The van der Waals surface area contributed by atoms with Crippen LogP contribution in [0.25, 0.3) is 6.08 Å². The Morgan fingerprint density at radius 3 is 2.17 bits per heavy atom. The van der Waals surface area contributed by atoms with Gasteiger partial charge in [-0.2, -0.15) is 13.2 Å². The molecule has 36 heavy (non-hydrogen) atoms. The average Bonchev–Trinajstić information content (AvgIpc) is 2.89. The summed E-state index contributed by atoms with van der Waals surface area (Å²) in [4.78, 5) is 12.5. The number of unbranched alkanes of at least 4 members (excludes halogenated alkanes) is 5. The highest BCUT2D eigenvalue weighted by Gasteiger charge is 2.30. The van der Waals surface area contributed by atoms with Gasteiger partial charge in [-0.1, -0.05) is 80.3 Å². The number of hydrogen-bond donors (Lipinski definition) is 0. The van der Waals surface area contributed by atoms with Gasteiger partial charge in [0.2, 0.25) is 0 Å². The summed E-state index contributed by atoms with van der Waals surface area (Å²) in [7, 11) is 1.68. The zero-order valence-corrected chi connectivity index (χ0v) is 20.7. The molecule has 190 valence electrons. The summed E-state index contributed by atoms with van der Waals surface area (Å²) in [6.07, 6.45) is 7.58. The molecule has 0 atom stereocenters. The summed E-state index contributed by atoms with van der Waals surface area (Å²) in [6, 6.07) is 20.6. The number of halogens is 3. The third-order valence-electron chi connectivity index (χ3n) is 6.26. The van der Waals surface area contributed by atoms with Crippen LogP contribution < -0.4 is 4.74 Å². The third-order valence-corrected chi connectivity index (χ3v) is 6.26. The fourth-order valence-corrected chi connectivity index (χ4v) is 4.18. The highest BCUT2D eigenvalue weighted by atomic mass is 19.4. The number of hydrogen-bond acceptors (Lipinski definition) is 2. The lowest BCUT2D eigenvalue weighted by atomic mass is 9.99. The molecule has 0 aliphatic carbocycles. The van der Waals surface area contributed by atoms with Gasteiger partial charge in [-0.05, 0) is 72.7 Å². The van der Waals surface area contributed by atoms with Crippen molar-refractivity contribution in [2.75, 3.05) is 7.11 Å². The number of ether oxygens (including phenoxy) is 1. The van der Waals surface area contributed by atoms with Gasteiger partial charge >= 0.3 is 6.18 Å². The van der Waals surface area contributed by atoms with Gasteiger partial charge in [0.15, 0.2) is 5.78 Å². The molecule has 3 aromatic carbocycles. The van der Waals surface area contributed by atoms with Gasteiger partial charge in [0.25, 0.3) is 0 Å². The highest BCUT2D eigenvalue weighted by molar-refractivity contribution is 6.07. The molecule has 0 aliphatic rings. The molecule has 0 aromatic heterocycles. The van der Waals surface area contributed by atoms with Gasteiger partial charge < -0.3 is 4.74 Å². The normalized spacial score (nSPS) is 11.7. The molecule has 0 saturated carbocycles. The molecule has 0 N–H and O–H groups in total. The molecular weight excluding hydrogens is 461 g/mol. The molecule has 2 nitrogen and oxygen atoms in total. The first kappa shape index (κ1) is 27.3. The van der Waals surface area contributed by atoms with Gasteiger partial charge in [-0.25, -0.2) is 0 Å². The van der Waals surface area contributed by atoms with Crippen molar-refractivity contribution < 1.29 is 22.7 Å². The molecule has 0 fully saturated rings. The Morgan fingerprint density at radius 1 is 0.806 bits per heavy atom. The Kier molecular flexibility index (Phi) is 10.3. The molecule has 0 bridgehead atoms. The first-order valence-corrected chi connectivity index (χ1v) is 12.5. The van der Waals surface area contributed by atoms with E-state index >= 15 is 0 Å². The van der Waals surface area contributed by atoms with Crippen LogP contribution in [0.4, 0.5) is 13.2 Å². The van der Waals surface area contributed by atoms with E-state index < -0.39 is 17.5 Å². The first-order chi connectivity index (χ1) is 17.4. The molecular formula is C31H33F3O2. The Labute approximate surface area is 211 Å². The van der Waals surface area contributed by atoms with Gasteiger partial charge in [0.05, 0.1) is 12.7 Å². The lowest BCUT2D eigenvalue weighted by Crippen LogP contribution is -2.06. The summed E-state index contributed by atoms with van der Waals surface area (Å²) in [5.74, 6) is 0.448.